The minimum absolute atomic E-state index is 0.145. The Labute approximate surface area is 104 Å². The molecule has 1 atom stereocenters. The van der Waals surface area contributed by atoms with Crippen LogP contribution in [0.25, 0.3) is 10.8 Å². The molecule has 0 radical (unpaired) electrons. The molecule has 0 bridgehead atoms. The summed E-state index contributed by atoms with van der Waals surface area (Å²) in [6, 6.07) is 7.04. The second-order valence-electron chi connectivity index (χ2n) is 3.75. The first-order valence-electron chi connectivity index (χ1n) is 5.37. The van der Waals surface area contributed by atoms with Crippen molar-refractivity contribution in [2.24, 2.45) is 0 Å². The zero-order valence-electron chi connectivity index (χ0n) is 9.75. The lowest BCUT2D eigenvalue weighted by atomic mass is 10.1. The second kappa shape index (κ2) is 4.76. The second-order valence-corrected chi connectivity index (χ2v) is 3.75. The molecule has 0 amide bonds. The van der Waals surface area contributed by atoms with Crippen LogP contribution in [-0.2, 0) is 0 Å². The molecule has 0 spiro atoms. The third-order valence-corrected chi connectivity index (χ3v) is 2.51. The molecule has 0 aliphatic heterocycles. The van der Waals surface area contributed by atoms with Crippen molar-refractivity contribution in [1.82, 2.24) is 4.98 Å². The SMILES string of the molecule is C#CC(C)Oc1ncc(C(=O)O)c2ccccc12. The molecule has 4 nitrogen and oxygen atoms in total. The molecule has 0 saturated heterocycles. The molecule has 0 fully saturated rings. The number of aromatic nitrogens is 1. The fourth-order valence-electron chi connectivity index (χ4n) is 1.63. The van der Waals surface area contributed by atoms with Gasteiger partial charge in [-0.1, -0.05) is 24.1 Å². The standard InChI is InChI=1S/C14H11NO3/c1-3-9(2)18-13-11-7-5-4-6-10(11)12(8-15-13)14(16)17/h1,4-9H,2H3,(H,16,17). The molecule has 0 aliphatic carbocycles. The summed E-state index contributed by atoms with van der Waals surface area (Å²) in [4.78, 5) is 15.1. The normalized spacial score (nSPS) is 11.8. The summed E-state index contributed by atoms with van der Waals surface area (Å²) >= 11 is 0. The van der Waals surface area contributed by atoms with Crippen molar-refractivity contribution in [3.05, 3.63) is 36.0 Å². The first kappa shape index (κ1) is 11.9. The lowest BCUT2D eigenvalue weighted by Crippen LogP contribution is -2.10. The van der Waals surface area contributed by atoms with E-state index in [0.717, 1.165) is 0 Å². The minimum atomic E-state index is -1.02. The van der Waals surface area contributed by atoms with Gasteiger partial charge in [0.15, 0.2) is 6.10 Å². The summed E-state index contributed by atoms with van der Waals surface area (Å²) in [7, 11) is 0. The highest BCUT2D eigenvalue weighted by molar-refractivity contribution is 6.04. The van der Waals surface area contributed by atoms with Crippen LogP contribution in [0.4, 0.5) is 0 Å². The number of benzene rings is 1. The fraction of sp³-hybridized carbons (Fsp3) is 0.143. The van der Waals surface area contributed by atoms with Gasteiger partial charge in [-0.2, -0.15) is 0 Å². The number of ether oxygens (including phenoxy) is 1. The van der Waals surface area contributed by atoms with Crippen LogP contribution in [0.2, 0.25) is 0 Å². The Balaban J connectivity index is 2.61. The topological polar surface area (TPSA) is 59.4 Å². The van der Waals surface area contributed by atoms with Gasteiger partial charge in [0.25, 0.3) is 0 Å². The highest BCUT2D eigenvalue weighted by atomic mass is 16.5. The summed E-state index contributed by atoms with van der Waals surface area (Å²) < 4.78 is 5.47. The van der Waals surface area contributed by atoms with Crippen LogP contribution < -0.4 is 4.74 Å². The van der Waals surface area contributed by atoms with Gasteiger partial charge in [-0.25, -0.2) is 9.78 Å². The maximum absolute atomic E-state index is 11.1. The summed E-state index contributed by atoms with van der Waals surface area (Å²) in [5.41, 5.74) is 0.145. The Morgan fingerprint density at radius 1 is 1.44 bits per heavy atom. The molecule has 1 aromatic carbocycles. The summed E-state index contributed by atoms with van der Waals surface area (Å²) in [6.07, 6.45) is 6.11. The van der Waals surface area contributed by atoms with E-state index in [-0.39, 0.29) is 5.56 Å². The van der Waals surface area contributed by atoms with E-state index in [1.165, 1.54) is 6.20 Å². The largest absolute Gasteiger partial charge is 0.478 e. The lowest BCUT2D eigenvalue weighted by Gasteiger charge is -2.11. The van der Waals surface area contributed by atoms with Gasteiger partial charge in [-0.3, -0.25) is 0 Å². The van der Waals surface area contributed by atoms with Crippen LogP contribution in [-0.4, -0.2) is 22.2 Å². The molecule has 2 aromatic rings. The van der Waals surface area contributed by atoms with Crippen LogP contribution in [0, 0.1) is 12.3 Å². The lowest BCUT2D eigenvalue weighted by molar-refractivity contribution is 0.0698. The highest BCUT2D eigenvalue weighted by Gasteiger charge is 2.13. The van der Waals surface area contributed by atoms with E-state index in [1.807, 2.05) is 0 Å². The molecule has 1 unspecified atom stereocenters. The molecule has 1 heterocycles. The Bertz CT molecular complexity index is 643. The van der Waals surface area contributed by atoms with Gasteiger partial charge in [-0.15, -0.1) is 6.42 Å². The molecule has 4 heteroatoms. The van der Waals surface area contributed by atoms with E-state index >= 15 is 0 Å². The number of terminal acetylenes is 1. The smallest absolute Gasteiger partial charge is 0.337 e. The van der Waals surface area contributed by atoms with E-state index < -0.39 is 12.1 Å². The third kappa shape index (κ3) is 2.11. The highest BCUT2D eigenvalue weighted by Crippen LogP contribution is 2.26. The van der Waals surface area contributed by atoms with E-state index in [9.17, 15) is 4.79 Å². The zero-order chi connectivity index (χ0) is 13.1. The minimum Gasteiger partial charge on any atom is -0.478 e. The van der Waals surface area contributed by atoms with Gasteiger partial charge in [0.2, 0.25) is 5.88 Å². The van der Waals surface area contributed by atoms with E-state index in [2.05, 4.69) is 10.9 Å². The van der Waals surface area contributed by atoms with Crippen LogP contribution in [0.5, 0.6) is 5.88 Å². The molecule has 0 aliphatic rings. The Morgan fingerprint density at radius 3 is 2.72 bits per heavy atom. The quantitative estimate of drug-likeness (QED) is 0.838. The Hall–Kier alpha value is -2.54. The van der Waals surface area contributed by atoms with Crippen LogP contribution in [0.1, 0.15) is 17.3 Å². The molecule has 0 saturated carbocycles. The number of pyridine rings is 1. The molecule has 1 N–H and O–H groups in total. The number of rotatable bonds is 3. The van der Waals surface area contributed by atoms with Crippen molar-refractivity contribution in [1.29, 1.82) is 0 Å². The van der Waals surface area contributed by atoms with E-state index in [0.29, 0.717) is 16.7 Å². The van der Waals surface area contributed by atoms with Crippen LogP contribution >= 0.6 is 0 Å². The van der Waals surface area contributed by atoms with Gasteiger partial charge in [0.1, 0.15) is 0 Å². The maximum Gasteiger partial charge on any atom is 0.337 e. The van der Waals surface area contributed by atoms with Crippen LogP contribution in [0.3, 0.4) is 0 Å². The molecular weight excluding hydrogens is 230 g/mol. The molecule has 1 aromatic heterocycles. The number of carbonyl (C=O) groups is 1. The Kier molecular flexibility index (Phi) is 3.16. The van der Waals surface area contributed by atoms with Gasteiger partial charge < -0.3 is 9.84 Å². The fourth-order valence-corrected chi connectivity index (χ4v) is 1.63. The van der Waals surface area contributed by atoms with Crippen molar-refractivity contribution < 1.29 is 14.6 Å². The van der Waals surface area contributed by atoms with Gasteiger partial charge in [0.05, 0.1) is 5.56 Å². The average Bonchev–Trinajstić information content (AvgIpc) is 2.38. The molecule has 2 rings (SSSR count). The van der Waals surface area contributed by atoms with Gasteiger partial charge >= 0.3 is 5.97 Å². The first-order valence-corrected chi connectivity index (χ1v) is 5.37. The number of nitrogens with zero attached hydrogens (tertiary/aromatic N) is 1. The van der Waals surface area contributed by atoms with Crippen molar-refractivity contribution in [2.45, 2.75) is 13.0 Å². The maximum atomic E-state index is 11.1. The number of hydrogen-bond donors (Lipinski definition) is 1. The first-order chi connectivity index (χ1) is 8.63. The summed E-state index contributed by atoms with van der Waals surface area (Å²) in [6.45, 7) is 1.72. The number of carboxylic acid groups (broad SMARTS) is 1. The van der Waals surface area contributed by atoms with Crippen LogP contribution in [0.15, 0.2) is 30.5 Å². The van der Waals surface area contributed by atoms with Crippen molar-refractivity contribution in [3.63, 3.8) is 0 Å². The number of hydrogen-bond acceptors (Lipinski definition) is 3. The van der Waals surface area contributed by atoms with Crippen molar-refractivity contribution in [3.8, 4) is 18.2 Å². The molecular formula is C14H11NO3. The van der Waals surface area contributed by atoms with Gasteiger partial charge in [0, 0.05) is 17.0 Å². The Morgan fingerprint density at radius 2 is 2.11 bits per heavy atom. The number of fused-ring (bicyclic) bond motifs is 1. The zero-order valence-corrected chi connectivity index (χ0v) is 9.75. The predicted molar refractivity (Wildman–Crippen MR) is 67.6 cm³/mol. The molecule has 18 heavy (non-hydrogen) atoms. The van der Waals surface area contributed by atoms with Gasteiger partial charge in [-0.05, 0) is 13.0 Å². The number of carboxylic acids is 1. The average molecular weight is 241 g/mol. The summed E-state index contributed by atoms with van der Waals surface area (Å²) in [5, 5.41) is 10.3. The molecule has 90 valence electrons. The van der Waals surface area contributed by atoms with E-state index in [1.54, 1.807) is 31.2 Å². The van der Waals surface area contributed by atoms with E-state index in [4.69, 9.17) is 16.3 Å². The third-order valence-electron chi connectivity index (χ3n) is 2.51. The number of aromatic carboxylic acids is 1. The predicted octanol–water partition coefficient (Wildman–Crippen LogP) is 2.33. The monoisotopic (exact) mass is 241 g/mol. The van der Waals surface area contributed by atoms with Crippen molar-refractivity contribution >= 4 is 16.7 Å². The summed E-state index contributed by atoms with van der Waals surface area (Å²) in [5.74, 6) is 1.77. The van der Waals surface area contributed by atoms with Crippen molar-refractivity contribution in [2.75, 3.05) is 0 Å².